The minimum atomic E-state index is 0.0697. The van der Waals surface area contributed by atoms with Crippen molar-refractivity contribution in [3.63, 3.8) is 0 Å². The van der Waals surface area contributed by atoms with Crippen LogP contribution in [-0.2, 0) is 4.79 Å². The van der Waals surface area contributed by atoms with Crippen molar-refractivity contribution in [2.75, 3.05) is 25.5 Å². The van der Waals surface area contributed by atoms with Crippen LogP contribution < -0.4 is 5.32 Å². The Hall–Kier alpha value is -2.66. The maximum absolute atomic E-state index is 12.6. The Kier molecular flexibility index (Phi) is 4.24. The Morgan fingerprint density at radius 2 is 1.88 bits per heavy atom. The molecule has 0 bridgehead atoms. The van der Waals surface area contributed by atoms with Gasteiger partial charge < -0.3 is 10.2 Å². The molecule has 0 atom stereocenters. The normalized spacial score (nSPS) is 16.2. The highest BCUT2D eigenvalue weighted by Crippen LogP contribution is 2.28. The van der Waals surface area contributed by atoms with Gasteiger partial charge in [0.05, 0.1) is 5.52 Å². The van der Waals surface area contributed by atoms with Crippen LogP contribution >= 0.6 is 0 Å². The first-order valence-electron chi connectivity index (χ1n) is 8.73. The number of piperidine rings is 1. The van der Waals surface area contributed by atoms with E-state index in [0.717, 1.165) is 48.0 Å². The van der Waals surface area contributed by atoms with Gasteiger partial charge in [0.2, 0.25) is 5.91 Å². The lowest BCUT2D eigenvalue weighted by molar-refractivity contribution is -0.121. The molecular weight excluding hydrogens is 312 g/mol. The highest BCUT2D eigenvalue weighted by Gasteiger charge is 2.24. The van der Waals surface area contributed by atoms with Crippen LogP contribution in [0, 0.1) is 5.92 Å². The molecule has 1 fully saturated rings. The summed E-state index contributed by atoms with van der Waals surface area (Å²) in [6.07, 6.45) is 1.81. The lowest BCUT2D eigenvalue weighted by Crippen LogP contribution is -2.36. The predicted molar refractivity (Wildman–Crippen MR) is 100 cm³/mol. The molecule has 2 N–H and O–H groups in total. The van der Waals surface area contributed by atoms with E-state index < -0.39 is 0 Å². The first-order chi connectivity index (χ1) is 12.2. The highest BCUT2D eigenvalue weighted by molar-refractivity contribution is 6.01. The molecule has 25 heavy (non-hydrogen) atoms. The first kappa shape index (κ1) is 15.8. The van der Waals surface area contributed by atoms with Crippen LogP contribution in [0.15, 0.2) is 48.5 Å². The molecule has 5 heteroatoms. The Morgan fingerprint density at radius 3 is 2.64 bits per heavy atom. The van der Waals surface area contributed by atoms with Crippen molar-refractivity contribution < 1.29 is 4.79 Å². The standard InChI is InChI=1S/C20H22N4O/c1-24-11-9-15(10-12-24)20(25)21-19-17-13-16(7-8-18(17)22-23-19)14-5-3-2-4-6-14/h2-8,13,15H,9-12H2,1H3,(H2,21,22,23,25). The molecule has 0 saturated carbocycles. The second kappa shape index (κ2) is 6.69. The number of fused-ring (bicyclic) bond motifs is 1. The van der Waals surface area contributed by atoms with Crippen LogP contribution in [0.5, 0.6) is 0 Å². The maximum atomic E-state index is 12.6. The van der Waals surface area contributed by atoms with Crippen molar-refractivity contribution in [3.8, 4) is 11.1 Å². The van der Waals surface area contributed by atoms with Gasteiger partial charge in [-0.2, -0.15) is 5.10 Å². The molecule has 1 saturated heterocycles. The molecule has 128 valence electrons. The third-order valence-corrected chi connectivity index (χ3v) is 5.00. The van der Waals surface area contributed by atoms with Gasteiger partial charge in [0, 0.05) is 11.3 Å². The van der Waals surface area contributed by atoms with Crippen molar-refractivity contribution in [2.45, 2.75) is 12.8 Å². The summed E-state index contributed by atoms with van der Waals surface area (Å²) < 4.78 is 0. The topological polar surface area (TPSA) is 61.0 Å². The summed E-state index contributed by atoms with van der Waals surface area (Å²) in [4.78, 5) is 14.9. The number of amides is 1. The monoisotopic (exact) mass is 334 g/mol. The third kappa shape index (κ3) is 3.28. The fraction of sp³-hybridized carbons (Fsp3) is 0.300. The van der Waals surface area contributed by atoms with E-state index in [9.17, 15) is 4.79 Å². The van der Waals surface area contributed by atoms with Gasteiger partial charge in [-0.1, -0.05) is 36.4 Å². The Balaban J connectivity index is 1.58. The Labute approximate surface area is 147 Å². The van der Waals surface area contributed by atoms with E-state index in [1.165, 1.54) is 0 Å². The van der Waals surface area contributed by atoms with E-state index in [1.807, 2.05) is 24.3 Å². The minimum Gasteiger partial charge on any atom is -0.308 e. The number of nitrogens with one attached hydrogen (secondary N) is 2. The average molecular weight is 334 g/mol. The fourth-order valence-electron chi connectivity index (χ4n) is 3.41. The number of aromatic amines is 1. The molecule has 5 nitrogen and oxygen atoms in total. The van der Waals surface area contributed by atoms with E-state index in [-0.39, 0.29) is 11.8 Å². The van der Waals surface area contributed by atoms with Crippen LogP contribution in [0.25, 0.3) is 22.0 Å². The number of H-pyrrole nitrogens is 1. The van der Waals surface area contributed by atoms with Gasteiger partial charge in [-0.3, -0.25) is 9.89 Å². The molecule has 0 spiro atoms. The summed E-state index contributed by atoms with van der Waals surface area (Å²) in [6, 6.07) is 16.4. The fourth-order valence-corrected chi connectivity index (χ4v) is 3.41. The number of anilines is 1. The molecular formula is C20H22N4O. The van der Waals surface area contributed by atoms with E-state index in [1.54, 1.807) is 0 Å². The molecule has 1 aromatic heterocycles. The van der Waals surface area contributed by atoms with Crippen LogP contribution in [0.3, 0.4) is 0 Å². The summed E-state index contributed by atoms with van der Waals surface area (Å²) in [7, 11) is 2.10. The molecule has 0 radical (unpaired) electrons. The number of hydrogen-bond donors (Lipinski definition) is 2. The molecule has 2 heterocycles. The maximum Gasteiger partial charge on any atom is 0.228 e. The molecule has 1 amide bonds. The molecule has 0 aliphatic carbocycles. The number of likely N-dealkylation sites (tertiary alicyclic amines) is 1. The zero-order valence-corrected chi connectivity index (χ0v) is 14.3. The van der Waals surface area contributed by atoms with Gasteiger partial charge >= 0.3 is 0 Å². The zero-order chi connectivity index (χ0) is 17.2. The second-order valence-electron chi connectivity index (χ2n) is 6.77. The summed E-state index contributed by atoms with van der Waals surface area (Å²) in [5.74, 6) is 0.767. The van der Waals surface area contributed by atoms with Crippen molar-refractivity contribution >= 4 is 22.6 Å². The summed E-state index contributed by atoms with van der Waals surface area (Å²) >= 11 is 0. The van der Waals surface area contributed by atoms with Gasteiger partial charge in [0.1, 0.15) is 0 Å². The molecule has 1 aliphatic heterocycles. The van der Waals surface area contributed by atoms with E-state index >= 15 is 0 Å². The quantitative estimate of drug-likeness (QED) is 0.770. The summed E-state index contributed by atoms with van der Waals surface area (Å²) in [5.41, 5.74) is 3.20. The third-order valence-electron chi connectivity index (χ3n) is 5.00. The smallest absolute Gasteiger partial charge is 0.228 e. The minimum absolute atomic E-state index is 0.0697. The average Bonchev–Trinajstić information content (AvgIpc) is 3.05. The summed E-state index contributed by atoms with van der Waals surface area (Å²) in [5, 5.41) is 11.3. The Bertz CT molecular complexity index is 879. The van der Waals surface area contributed by atoms with Gasteiger partial charge in [-0.25, -0.2) is 0 Å². The number of aromatic nitrogens is 2. The first-order valence-corrected chi connectivity index (χ1v) is 8.73. The predicted octanol–water partition coefficient (Wildman–Crippen LogP) is 3.51. The van der Waals surface area contributed by atoms with Crippen LogP contribution in [0.1, 0.15) is 12.8 Å². The van der Waals surface area contributed by atoms with Gasteiger partial charge in [0.15, 0.2) is 5.82 Å². The molecule has 4 rings (SSSR count). The molecule has 1 aliphatic rings. The molecule has 2 aromatic carbocycles. The number of benzene rings is 2. The van der Waals surface area contributed by atoms with Gasteiger partial charge in [0.25, 0.3) is 0 Å². The van der Waals surface area contributed by atoms with Crippen molar-refractivity contribution in [2.24, 2.45) is 5.92 Å². The molecule has 3 aromatic rings. The van der Waals surface area contributed by atoms with Crippen LogP contribution in [0.2, 0.25) is 0 Å². The van der Waals surface area contributed by atoms with Crippen LogP contribution in [-0.4, -0.2) is 41.1 Å². The Morgan fingerprint density at radius 1 is 1.12 bits per heavy atom. The van der Waals surface area contributed by atoms with E-state index in [2.05, 4.69) is 51.7 Å². The lowest BCUT2D eigenvalue weighted by Gasteiger charge is -2.27. The van der Waals surface area contributed by atoms with E-state index in [4.69, 9.17) is 0 Å². The highest BCUT2D eigenvalue weighted by atomic mass is 16.2. The molecule has 0 unspecified atom stereocenters. The number of carbonyl (C=O) groups excluding carboxylic acids is 1. The lowest BCUT2D eigenvalue weighted by atomic mass is 9.96. The van der Waals surface area contributed by atoms with Gasteiger partial charge in [-0.15, -0.1) is 0 Å². The van der Waals surface area contributed by atoms with Crippen molar-refractivity contribution in [1.82, 2.24) is 15.1 Å². The summed E-state index contributed by atoms with van der Waals surface area (Å²) in [6.45, 7) is 1.94. The van der Waals surface area contributed by atoms with Crippen LogP contribution in [0.4, 0.5) is 5.82 Å². The number of carbonyl (C=O) groups is 1. The zero-order valence-electron chi connectivity index (χ0n) is 14.3. The largest absolute Gasteiger partial charge is 0.308 e. The van der Waals surface area contributed by atoms with Crippen molar-refractivity contribution in [3.05, 3.63) is 48.5 Å². The number of hydrogen-bond acceptors (Lipinski definition) is 3. The van der Waals surface area contributed by atoms with Crippen molar-refractivity contribution in [1.29, 1.82) is 0 Å². The van der Waals surface area contributed by atoms with Gasteiger partial charge in [-0.05, 0) is 56.2 Å². The SMILES string of the molecule is CN1CCC(C(=O)Nc2n[nH]c3ccc(-c4ccccc4)cc23)CC1. The van der Waals surface area contributed by atoms with E-state index in [0.29, 0.717) is 5.82 Å². The second-order valence-corrected chi connectivity index (χ2v) is 6.77. The number of nitrogens with zero attached hydrogens (tertiary/aromatic N) is 2. The number of rotatable bonds is 3.